The fraction of sp³-hybridized carbons (Fsp3) is 0.188. The summed E-state index contributed by atoms with van der Waals surface area (Å²) in [4.78, 5) is 20.7. The number of benzene rings is 2. The van der Waals surface area contributed by atoms with E-state index < -0.39 is 55.5 Å². The number of carboxylic acids is 1. The fourth-order valence-electron chi connectivity index (χ4n) is 2.35. The van der Waals surface area contributed by atoms with Gasteiger partial charge in [-0.3, -0.25) is 19.2 Å². The highest BCUT2D eigenvalue weighted by Gasteiger charge is 2.33. The lowest BCUT2D eigenvalue weighted by Gasteiger charge is -2.23. The molecule has 0 spiro atoms. The molecule has 2 aromatic rings. The van der Waals surface area contributed by atoms with Crippen molar-refractivity contribution in [1.29, 1.82) is 0 Å². The van der Waals surface area contributed by atoms with Gasteiger partial charge in [0.15, 0.2) is 0 Å². The van der Waals surface area contributed by atoms with Crippen molar-refractivity contribution in [2.45, 2.75) is 18.0 Å². The van der Waals surface area contributed by atoms with E-state index in [-0.39, 0.29) is 9.87 Å². The zero-order valence-corrected chi connectivity index (χ0v) is 15.0. The highest BCUT2D eigenvalue weighted by molar-refractivity contribution is 7.92. The number of hydrogen-bond acceptors (Lipinski definition) is 5. The number of aliphatic carboxylic acids is 1. The molecule has 0 unspecified atom stereocenters. The van der Waals surface area contributed by atoms with Crippen LogP contribution in [-0.2, 0) is 21.0 Å². The molecule has 0 bridgehead atoms. The van der Waals surface area contributed by atoms with Gasteiger partial charge in [-0.15, -0.1) is 0 Å². The molecule has 8 nitrogen and oxygen atoms in total. The average molecular weight is 418 g/mol. The van der Waals surface area contributed by atoms with Crippen LogP contribution in [0.3, 0.4) is 0 Å². The van der Waals surface area contributed by atoms with E-state index in [1.54, 1.807) is 0 Å². The Morgan fingerprint density at radius 3 is 2.39 bits per heavy atom. The molecule has 0 aliphatic rings. The Hall–Kier alpha value is -3.15. The third kappa shape index (κ3) is 4.39. The molecule has 0 aliphatic carbocycles. The van der Waals surface area contributed by atoms with Crippen molar-refractivity contribution in [3.05, 3.63) is 63.7 Å². The molecule has 2 rings (SSSR count). The van der Waals surface area contributed by atoms with Gasteiger partial charge in [0, 0.05) is 11.6 Å². The van der Waals surface area contributed by atoms with E-state index in [9.17, 15) is 36.5 Å². The zero-order valence-electron chi connectivity index (χ0n) is 14.2. The molecule has 0 saturated heterocycles. The molecule has 12 heteroatoms. The first-order chi connectivity index (χ1) is 12.8. The van der Waals surface area contributed by atoms with Gasteiger partial charge in [-0.1, -0.05) is 12.1 Å². The number of anilines is 1. The minimum Gasteiger partial charge on any atom is -0.480 e. The van der Waals surface area contributed by atoms with E-state index in [1.807, 2.05) is 0 Å². The molecule has 0 atom stereocenters. The zero-order chi connectivity index (χ0) is 21.3. The summed E-state index contributed by atoms with van der Waals surface area (Å²) in [7, 11) is -4.70. The number of hydrogen-bond donors (Lipinski definition) is 1. The maximum Gasteiger partial charge on any atom is 0.416 e. The number of aryl methyl sites for hydroxylation is 1. The van der Waals surface area contributed by atoms with Gasteiger partial charge in [-0.05, 0) is 31.2 Å². The summed E-state index contributed by atoms with van der Waals surface area (Å²) >= 11 is 0. The number of carboxylic acid groups (broad SMARTS) is 1. The minimum absolute atomic E-state index is 0.160. The van der Waals surface area contributed by atoms with Gasteiger partial charge < -0.3 is 5.11 Å². The first-order valence-electron chi connectivity index (χ1n) is 7.51. The van der Waals surface area contributed by atoms with Gasteiger partial charge in [0.2, 0.25) is 0 Å². The van der Waals surface area contributed by atoms with Crippen molar-refractivity contribution in [3.8, 4) is 0 Å². The van der Waals surface area contributed by atoms with E-state index in [0.29, 0.717) is 12.1 Å². The Morgan fingerprint density at radius 2 is 1.86 bits per heavy atom. The van der Waals surface area contributed by atoms with E-state index >= 15 is 0 Å². The summed E-state index contributed by atoms with van der Waals surface area (Å²) < 4.78 is 64.8. The van der Waals surface area contributed by atoms with Crippen molar-refractivity contribution >= 4 is 27.4 Å². The standard InChI is InChI=1S/C16H13F3N2O6S/c1-10-5-6-13(8-14(10)21(24)25)28(26,27)20(9-15(22)23)12-4-2-3-11(7-12)16(17,18)19/h2-8H,9H2,1H3,(H,22,23). The number of nitro benzene ring substituents is 1. The van der Waals surface area contributed by atoms with Crippen LogP contribution in [0.25, 0.3) is 0 Å². The fourth-order valence-corrected chi connectivity index (χ4v) is 3.78. The molecule has 0 saturated carbocycles. The van der Waals surface area contributed by atoms with E-state index in [0.717, 1.165) is 30.3 Å². The van der Waals surface area contributed by atoms with E-state index in [1.165, 1.54) is 6.92 Å². The van der Waals surface area contributed by atoms with Crippen molar-refractivity contribution in [2.75, 3.05) is 10.8 Å². The average Bonchev–Trinajstić information content (AvgIpc) is 2.58. The summed E-state index contributed by atoms with van der Waals surface area (Å²) in [6.07, 6.45) is -4.78. The molecular weight excluding hydrogens is 405 g/mol. The van der Waals surface area contributed by atoms with Gasteiger partial charge >= 0.3 is 12.1 Å². The van der Waals surface area contributed by atoms with Crippen molar-refractivity contribution in [2.24, 2.45) is 0 Å². The molecule has 1 N–H and O–H groups in total. The molecule has 0 aromatic heterocycles. The molecule has 0 amide bonds. The first-order valence-corrected chi connectivity index (χ1v) is 8.95. The Balaban J connectivity index is 2.64. The number of carbonyl (C=O) groups is 1. The largest absolute Gasteiger partial charge is 0.480 e. The molecule has 0 radical (unpaired) electrons. The summed E-state index contributed by atoms with van der Waals surface area (Å²) in [6.45, 7) is 0.196. The highest BCUT2D eigenvalue weighted by Crippen LogP contribution is 2.33. The number of halogens is 3. The molecule has 0 fully saturated rings. The van der Waals surface area contributed by atoms with Crippen LogP contribution >= 0.6 is 0 Å². The predicted molar refractivity (Wildman–Crippen MR) is 91.4 cm³/mol. The summed E-state index contributed by atoms with van der Waals surface area (Å²) in [5.41, 5.74) is -2.08. The normalized spacial score (nSPS) is 11.9. The summed E-state index contributed by atoms with van der Waals surface area (Å²) in [6, 6.07) is 6.01. The smallest absolute Gasteiger partial charge is 0.416 e. The van der Waals surface area contributed by atoms with Crippen LogP contribution in [0.1, 0.15) is 11.1 Å². The predicted octanol–water partition coefficient (Wildman–Crippen LogP) is 3.20. The molecule has 0 heterocycles. The third-order valence-corrected chi connectivity index (χ3v) is 5.48. The highest BCUT2D eigenvalue weighted by atomic mass is 32.2. The second-order valence-corrected chi connectivity index (χ2v) is 7.52. The Labute approximate surface area is 157 Å². The second kappa shape index (κ2) is 7.46. The Kier molecular flexibility index (Phi) is 5.64. The molecule has 2 aromatic carbocycles. The van der Waals surface area contributed by atoms with Crippen LogP contribution in [0.4, 0.5) is 24.5 Å². The van der Waals surface area contributed by atoms with Gasteiger partial charge in [0.1, 0.15) is 6.54 Å². The molecule has 28 heavy (non-hydrogen) atoms. The first kappa shape index (κ1) is 21.2. The quantitative estimate of drug-likeness (QED) is 0.569. The van der Waals surface area contributed by atoms with Crippen molar-refractivity contribution in [1.82, 2.24) is 0 Å². The minimum atomic E-state index is -4.78. The lowest BCUT2D eigenvalue weighted by molar-refractivity contribution is -0.385. The van der Waals surface area contributed by atoms with E-state index in [4.69, 9.17) is 5.11 Å². The number of sulfonamides is 1. The van der Waals surface area contributed by atoms with Gasteiger partial charge in [0.25, 0.3) is 15.7 Å². The van der Waals surface area contributed by atoms with Crippen LogP contribution < -0.4 is 4.31 Å². The molecule has 0 aliphatic heterocycles. The number of rotatable bonds is 6. The van der Waals surface area contributed by atoms with Gasteiger partial charge in [-0.2, -0.15) is 13.2 Å². The van der Waals surface area contributed by atoms with Crippen molar-refractivity contribution < 1.29 is 36.4 Å². The summed E-state index contributed by atoms with van der Waals surface area (Å²) in [5, 5.41) is 20.1. The Bertz CT molecular complexity index is 1040. The second-order valence-electron chi connectivity index (χ2n) is 5.66. The van der Waals surface area contributed by atoms with Gasteiger partial charge in [-0.25, -0.2) is 8.42 Å². The van der Waals surface area contributed by atoms with Crippen molar-refractivity contribution in [3.63, 3.8) is 0 Å². The monoisotopic (exact) mass is 418 g/mol. The van der Waals surface area contributed by atoms with Crippen LogP contribution in [0, 0.1) is 17.0 Å². The molecular formula is C16H13F3N2O6S. The maximum atomic E-state index is 12.9. The number of nitro groups is 1. The summed E-state index contributed by atoms with van der Waals surface area (Å²) in [5.74, 6) is -1.62. The lowest BCUT2D eigenvalue weighted by atomic mass is 10.2. The van der Waals surface area contributed by atoms with Gasteiger partial charge in [0.05, 0.1) is 21.1 Å². The number of alkyl halides is 3. The lowest BCUT2D eigenvalue weighted by Crippen LogP contribution is -2.36. The van der Waals surface area contributed by atoms with E-state index in [2.05, 4.69) is 0 Å². The topological polar surface area (TPSA) is 118 Å². The third-order valence-electron chi connectivity index (χ3n) is 3.71. The van der Waals surface area contributed by atoms with Crippen LogP contribution in [-0.4, -0.2) is 31.0 Å². The molecule has 150 valence electrons. The van der Waals surface area contributed by atoms with Crippen LogP contribution in [0.5, 0.6) is 0 Å². The Morgan fingerprint density at radius 1 is 1.21 bits per heavy atom. The van der Waals surface area contributed by atoms with Crippen LogP contribution in [0.15, 0.2) is 47.4 Å². The number of nitrogens with zero attached hydrogens (tertiary/aromatic N) is 2. The van der Waals surface area contributed by atoms with Crippen LogP contribution in [0.2, 0.25) is 0 Å². The SMILES string of the molecule is Cc1ccc(S(=O)(=O)N(CC(=O)O)c2cccc(C(F)(F)F)c2)cc1[N+](=O)[O-]. The maximum absolute atomic E-state index is 12.9.